The number of fused-ring (bicyclic) bond motifs is 1. The molecule has 0 aliphatic rings. The molecule has 3 aromatic rings. The van der Waals surface area contributed by atoms with Crippen LogP contribution in [0.3, 0.4) is 0 Å². The number of pyridine rings is 1. The number of aromatic amines is 1. The summed E-state index contributed by atoms with van der Waals surface area (Å²) in [6.45, 7) is 10.3. The van der Waals surface area contributed by atoms with Gasteiger partial charge in [-0.3, -0.25) is 0 Å². The number of nitrogens with one attached hydrogen (secondary N) is 2. The van der Waals surface area contributed by atoms with Crippen molar-refractivity contribution in [1.82, 2.24) is 20.4 Å². The maximum atomic E-state index is 12.7. The van der Waals surface area contributed by atoms with Crippen LogP contribution < -0.4 is 10.4 Å². The lowest BCUT2D eigenvalue weighted by Crippen LogP contribution is -2.50. The lowest BCUT2D eigenvalue weighted by molar-refractivity contribution is 0.0424. The molecule has 0 aromatic carbocycles. The van der Waals surface area contributed by atoms with Crippen LogP contribution in [0, 0.1) is 0 Å². The van der Waals surface area contributed by atoms with E-state index in [1.165, 1.54) is 12.5 Å². The molecular formula is C20H25N5O5. The molecule has 0 bridgehead atoms. The van der Waals surface area contributed by atoms with Gasteiger partial charge in [0.05, 0.1) is 17.2 Å². The highest BCUT2D eigenvalue weighted by atomic mass is 16.6. The van der Waals surface area contributed by atoms with E-state index in [0.29, 0.717) is 22.6 Å². The van der Waals surface area contributed by atoms with Crippen molar-refractivity contribution in [2.75, 3.05) is 5.01 Å². The molecule has 0 fully saturated rings. The highest BCUT2D eigenvalue weighted by molar-refractivity contribution is 5.91. The number of ether oxygens (including phenoxy) is 2. The third-order valence-corrected chi connectivity index (χ3v) is 3.53. The fourth-order valence-corrected chi connectivity index (χ4v) is 2.49. The average Bonchev–Trinajstić information content (AvgIpc) is 3.24. The summed E-state index contributed by atoms with van der Waals surface area (Å²) in [6, 6.07) is 5.02. The van der Waals surface area contributed by atoms with Gasteiger partial charge >= 0.3 is 12.2 Å². The number of anilines is 1. The van der Waals surface area contributed by atoms with Crippen molar-refractivity contribution in [1.29, 1.82) is 0 Å². The molecule has 0 unspecified atom stereocenters. The molecule has 0 atom stereocenters. The molecule has 10 nitrogen and oxygen atoms in total. The summed E-state index contributed by atoms with van der Waals surface area (Å²) < 4.78 is 16.0. The van der Waals surface area contributed by atoms with Crippen LogP contribution >= 0.6 is 0 Å². The van der Waals surface area contributed by atoms with Crippen LogP contribution in [0.15, 0.2) is 35.1 Å². The van der Waals surface area contributed by atoms with Gasteiger partial charge in [-0.05, 0) is 59.7 Å². The van der Waals surface area contributed by atoms with E-state index in [2.05, 4.69) is 20.4 Å². The maximum absolute atomic E-state index is 12.7. The van der Waals surface area contributed by atoms with Gasteiger partial charge in [0.25, 0.3) is 0 Å². The van der Waals surface area contributed by atoms with Gasteiger partial charge in [-0.15, -0.1) is 0 Å². The Balaban J connectivity index is 1.93. The normalized spacial score (nSPS) is 11.9. The minimum atomic E-state index is -0.815. The van der Waals surface area contributed by atoms with Gasteiger partial charge in [-0.25, -0.2) is 25.0 Å². The average molecular weight is 415 g/mol. The zero-order valence-electron chi connectivity index (χ0n) is 17.8. The van der Waals surface area contributed by atoms with Crippen LogP contribution in [0.25, 0.3) is 22.6 Å². The van der Waals surface area contributed by atoms with Crippen molar-refractivity contribution in [2.45, 2.75) is 52.7 Å². The molecule has 3 aromatic heterocycles. The first-order chi connectivity index (χ1) is 13.9. The van der Waals surface area contributed by atoms with E-state index in [1.807, 2.05) is 0 Å². The maximum Gasteiger partial charge on any atom is 0.435 e. The summed E-state index contributed by atoms with van der Waals surface area (Å²) >= 11 is 0. The molecule has 0 aliphatic heterocycles. The zero-order chi connectivity index (χ0) is 22.1. The number of nitrogens with zero attached hydrogens (tertiary/aromatic N) is 3. The predicted octanol–water partition coefficient (Wildman–Crippen LogP) is 4.40. The third-order valence-electron chi connectivity index (χ3n) is 3.53. The minimum Gasteiger partial charge on any atom is -0.443 e. The third kappa shape index (κ3) is 5.28. The van der Waals surface area contributed by atoms with Crippen molar-refractivity contribution in [3.63, 3.8) is 0 Å². The Morgan fingerprint density at radius 1 is 1.10 bits per heavy atom. The fraction of sp³-hybridized carbons (Fsp3) is 0.400. The number of oxazole rings is 1. The molecule has 0 aliphatic carbocycles. The van der Waals surface area contributed by atoms with Crippen LogP contribution in [-0.2, 0) is 9.47 Å². The summed E-state index contributed by atoms with van der Waals surface area (Å²) in [5, 5.41) is 0.913. The molecule has 0 radical (unpaired) electrons. The Kier molecular flexibility index (Phi) is 5.43. The van der Waals surface area contributed by atoms with Gasteiger partial charge in [-0.1, -0.05) is 0 Å². The smallest absolute Gasteiger partial charge is 0.435 e. The number of rotatable bonds is 2. The van der Waals surface area contributed by atoms with E-state index in [0.717, 1.165) is 5.01 Å². The van der Waals surface area contributed by atoms with Gasteiger partial charge in [0.1, 0.15) is 23.2 Å². The van der Waals surface area contributed by atoms with Crippen LogP contribution in [0.1, 0.15) is 41.5 Å². The van der Waals surface area contributed by atoms with Crippen LogP contribution in [0.5, 0.6) is 0 Å². The molecule has 0 saturated carbocycles. The zero-order valence-corrected chi connectivity index (χ0v) is 17.8. The lowest BCUT2D eigenvalue weighted by atomic mass is 10.2. The van der Waals surface area contributed by atoms with Crippen molar-refractivity contribution >= 4 is 29.0 Å². The number of hydrazine groups is 1. The number of carbonyl (C=O) groups excluding carboxylic acids is 2. The highest BCUT2D eigenvalue weighted by Crippen LogP contribution is 2.24. The van der Waals surface area contributed by atoms with Gasteiger partial charge in [0.15, 0.2) is 5.82 Å². The summed E-state index contributed by atoms with van der Waals surface area (Å²) in [5.41, 5.74) is 2.76. The molecule has 3 rings (SSSR count). The first-order valence-electron chi connectivity index (χ1n) is 9.34. The second kappa shape index (κ2) is 7.69. The lowest BCUT2D eigenvalue weighted by Gasteiger charge is -2.28. The fourth-order valence-electron chi connectivity index (χ4n) is 2.49. The standard InChI is InChI=1S/C20H25N5O5/c1-19(2,3)29-17(26)24-25(18(27)30-20(4,5)6)15-8-7-12-13(23-15)11-14(22-12)16-21-9-10-28-16/h7-11,22H,1-6H3,(H,24,26). The second-order valence-corrected chi connectivity index (χ2v) is 8.55. The van der Waals surface area contributed by atoms with Crippen molar-refractivity contribution < 1.29 is 23.5 Å². The van der Waals surface area contributed by atoms with E-state index in [-0.39, 0.29) is 5.82 Å². The number of hydrogen-bond acceptors (Lipinski definition) is 7. The van der Waals surface area contributed by atoms with E-state index < -0.39 is 23.4 Å². The number of amides is 2. The molecule has 2 N–H and O–H groups in total. The second-order valence-electron chi connectivity index (χ2n) is 8.55. The molecule has 160 valence electrons. The summed E-state index contributed by atoms with van der Waals surface area (Å²) in [6.07, 6.45) is 1.39. The first-order valence-corrected chi connectivity index (χ1v) is 9.34. The van der Waals surface area contributed by atoms with Crippen LogP contribution in [0.2, 0.25) is 0 Å². The number of aromatic nitrogens is 3. The predicted molar refractivity (Wildman–Crippen MR) is 110 cm³/mol. The topological polar surface area (TPSA) is 123 Å². The van der Waals surface area contributed by atoms with Crippen LogP contribution in [0.4, 0.5) is 15.4 Å². The van der Waals surface area contributed by atoms with Gasteiger partial charge in [0, 0.05) is 0 Å². The molecule has 0 spiro atoms. The van der Waals surface area contributed by atoms with E-state index in [1.54, 1.807) is 59.7 Å². The molecule has 10 heteroatoms. The molecule has 3 heterocycles. The molecule has 2 amide bonds. The number of carbonyl (C=O) groups is 2. The van der Waals surface area contributed by atoms with Gasteiger partial charge in [-0.2, -0.15) is 5.01 Å². The van der Waals surface area contributed by atoms with Crippen molar-refractivity contribution in [2.24, 2.45) is 0 Å². The van der Waals surface area contributed by atoms with Gasteiger partial charge in [0.2, 0.25) is 5.89 Å². The summed E-state index contributed by atoms with van der Waals surface area (Å²) in [4.78, 5) is 36.7. The monoisotopic (exact) mass is 415 g/mol. The largest absolute Gasteiger partial charge is 0.443 e. The van der Waals surface area contributed by atoms with Crippen LogP contribution in [-0.4, -0.2) is 38.3 Å². The van der Waals surface area contributed by atoms with Crippen molar-refractivity contribution in [3.8, 4) is 11.6 Å². The van der Waals surface area contributed by atoms with E-state index in [9.17, 15) is 9.59 Å². The van der Waals surface area contributed by atoms with Crippen molar-refractivity contribution in [3.05, 3.63) is 30.7 Å². The van der Waals surface area contributed by atoms with Gasteiger partial charge < -0.3 is 18.9 Å². The Hall–Kier alpha value is -3.56. The first kappa shape index (κ1) is 21.2. The Morgan fingerprint density at radius 3 is 2.40 bits per heavy atom. The number of hydrogen-bond donors (Lipinski definition) is 2. The summed E-state index contributed by atoms with van der Waals surface area (Å²) in [7, 11) is 0. The Bertz CT molecular complexity index is 1040. The molecule has 0 saturated heterocycles. The minimum absolute atomic E-state index is 0.153. The quantitative estimate of drug-likeness (QED) is 0.595. The van der Waals surface area contributed by atoms with E-state index in [4.69, 9.17) is 13.9 Å². The van der Waals surface area contributed by atoms with E-state index >= 15 is 0 Å². The molecule has 30 heavy (non-hydrogen) atoms. The SMILES string of the molecule is CC(C)(C)OC(=O)NN(C(=O)OC(C)(C)C)c1ccc2[nH]c(-c3ncco3)cc2n1. The Morgan fingerprint density at radius 2 is 1.80 bits per heavy atom. The molecular weight excluding hydrogens is 390 g/mol. The highest BCUT2D eigenvalue weighted by Gasteiger charge is 2.28. The summed E-state index contributed by atoms with van der Waals surface area (Å²) in [5.74, 6) is 0.561. The Labute approximate surface area is 173 Å². The number of H-pyrrole nitrogens is 1.